The summed E-state index contributed by atoms with van der Waals surface area (Å²) < 4.78 is 5.59. The molecule has 2 aliphatic rings. The minimum absolute atomic E-state index is 0.0173. The minimum atomic E-state index is -0.819. The molecule has 2 amide bonds. The summed E-state index contributed by atoms with van der Waals surface area (Å²) in [7, 11) is 0. The summed E-state index contributed by atoms with van der Waals surface area (Å²) in [6.07, 6.45) is 2.54. The van der Waals surface area contributed by atoms with Gasteiger partial charge in [0, 0.05) is 25.6 Å². The van der Waals surface area contributed by atoms with Crippen molar-refractivity contribution >= 4 is 11.8 Å². The van der Waals surface area contributed by atoms with Crippen molar-refractivity contribution in [2.24, 2.45) is 0 Å². The van der Waals surface area contributed by atoms with Crippen LogP contribution in [0, 0.1) is 0 Å². The van der Waals surface area contributed by atoms with E-state index in [1.807, 2.05) is 6.92 Å². The van der Waals surface area contributed by atoms with Gasteiger partial charge in [0.25, 0.3) is 0 Å². The number of nitrogens with one attached hydrogen (secondary N) is 1. The third kappa shape index (κ3) is 2.66. The van der Waals surface area contributed by atoms with Gasteiger partial charge >= 0.3 is 0 Å². The molecule has 2 atom stereocenters. The van der Waals surface area contributed by atoms with Gasteiger partial charge in [0.15, 0.2) is 0 Å². The maximum absolute atomic E-state index is 12.5. The van der Waals surface area contributed by atoms with Crippen molar-refractivity contribution in [3.63, 3.8) is 0 Å². The van der Waals surface area contributed by atoms with Crippen LogP contribution in [0.1, 0.15) is 40.0 Å². The van der Waals surface area contributed by atoms with Crippen LogP contribution in [-0.4, -0.2) is 47.6 Å². The molecule has 2 unspecified atom stereocenters. The fourth-order valence-electron chi connectivity index (χ4n) is 2.66. The van der Waals surface area contributed by atoms with Crippen molar-refractivity contribution in [2.45, 2.75) is 57.7 Å². The lowest BCUT2D eigenvalue weighted by Crippen LogP contribution is -2.55. The van der Waals surface area contributed by atoms with E-state index >= 15 is 0 Å². The van der Waals surface area contributed by atoms with Crippen LogP contribution < -0.4 is 5.32 Å². The van der Waals surface area contributed by atoms with E-state index < -0.39 is 5.54 Å². The molecule has 0 spiro atoms. The maximum Gasteiger partial charge on any atom is 0.248 e. The van der Waals surface area contributed by atoms with Crippen molar-refractivity contribution in [3.8, 4) is 0 Å². The lowest BCUT2D eigenvalue weighted by molar-refractivity contribution is -0.140. The Morgan fingerprint density at radius 2 is 2.17 bits per heavy atom. The van der Waals surface area contributed by atoms with Gasteiger partial charge in [0.2, 0.25) is 11.8 Å². The molecule has 5 heteroatoms. The first-order valence-corrected chi connectivity index (χ1v) is 6.64. The van der Waals surface area contributed by atoms with E-state index in [1.54, 1.807) is 18.7 Å². The monoisotopic (exact) mass is 254 g/mol. The van der Waals surface area contributed by atoms with Gasteiger partial charge in [-0.1, -0.05) is 0 Å². The fourth-order valence-corrected chi connectivity index (χ4v) is 2.66. The van der Waals surface area contributed by atoms with Crippen LogP contribution in [0.4, 0.5) is 0 Å². The summed E-state index contributed by atoms with van der Waals surface area (Å²) in [5, 5.41) is 2.78. The molecule has 0 radical (unpaired) electrons. The van der Waals surface area contributed by atoms with Crippen LogP contribution >= 0.6 is 0 Å². The molecule has 0 aliphatic carbocycles. The normalized spacial score (nSPS) is 32.3. The smallest absolute Gasteiger partial charge is 0.248 e. The van der Waals surface area contributed by atoms with Crippen molar-refractivity contribution in [3.05, 3.63) is 0 Å². The molecule has 18 heavy (non-hydrogen) atoms. The Morgan fingerprint density at radius 1 is 1.44 bits per heavy atom. The maximum atomic E-state index is 12.5. The number of hydrogen-bond acceptors (Lipinski definition) is 3. The lowest BCUT2D eigenvalue weighted by Gasteiger charge is -2.33. The van der Waals surface area contributed by atoms with E-state index in [2.05, 4.69) is 5.32 Å². The molecule has 0 aromatic rings. The summed E-state index contributed by atoms with van der Waals surface area (Å²) in [5.74, 6) is -0.0768. The van der Waals surface area contributed by atoms with Gasteiger partial charge in [-0.25, -0.2) is 0 Å². The molecule has 2 rings (SSSR count). The van der Waals surface area contributed by atoms with Crippen LogP contribution in [0.3, 0.4) is 0 Å². The quantitative estimate of drug-likeness (QED) is 0.788. The number of carbonyl (C=O) groups is 2. The summed E-state index contributed by atoms with van der Waals surface area (Å²) in [6, 6.07) is -0.0662. The standard InChI is InChI=1S/C13H22N2O3/c1-9-7-11(16)14-13(2,3)12(17)15(9)8-10-5-4-6-18-10/h9-10H,4-8H2,1-3H3,(H,14,16). The molecule has 5 nitrogen and oxygen atoms in total. The van der Waals surface area contributed by atoms with E-state index in [9.17, 15) is 9.59 Å². The van der Waals surface area contributed by atoms with Gasteiger partial charge in [-0.05, 0) is 33.6 Å². The Morgan fingerprint density at radius 3 is 2.78 bits per heavy atom. The summed E-state index contributed by atoms with van der Waals surface area (Å²) in [4.78, 5) is 26.0. The second kappa shape index (κ2) is 4.88. The Hall–Kier alpha value is -1.10. The zero-order chi connectivity index (χ0) is 13.3. The molecule has 1 N–H and O–H groups in total. The molecular formula is C13H22N2O3. The van der Waals surface area contributed by atoms with Crippen molar-refractivity contribution in [2.75, 3.05) is 13.2 Å². The molecule has 0 aromatic heterocycles. The van der Waals surface area contributed by atoms with Gasteiger partial charge in [0.1, 0.15) is 5.54 Å². The highest BCUT2D eigenvalue weighted by Crippen LogP contribution is 2.21. The van der Waals surface area contributed by atoms with Crippen molar-refractivity contribution < 1.29 is 14.3 Å². The van der Waals surface area contributed by atoms with Gasteiger partial charge in [-0.2, -0.15) is 0 Å². The topological polar surface area (TPSA) is 58.6 Å². The number of amides is 2. The largest absolute Gasteiger partial charge is 0.376 e. The summed E-state index contributed by atoms with van der Waals surface area (Å²) in [6.45, 7) is 6.81. The first-order valence-electron chi connectivity index (χ1n) is 6.64. The average molecular weight is 254 g/mol. The Bertz CT molecular complexity index is 348. The molecule has 2 heterocycles. The van der Waals surface area contributed by atoms with Gasteiger partial charge in [-0.3, -0.25) is 9.59 Å². The van der Waals surface area contributed by atoms with Crippen molar-refractivity contribution in [1.82, 2.24) is 10.2 Å². The summed E-state index contributed by atoms with van der Waals surface area (Å²) >= 11 is 0. The zero-order valence-corrected chi connectivity index (χ0v) is 11.4. The zero-order valence-electron chi connectivity index (χ0n) is 11.4. The Balaban J connectivity index is 2.13. The molecule has 2 aliphatic heterocycles. The van der Waals surface area contributed by atoms with Crippen LogP contribution in [0.5, 0.6) is 0 Å². The number of nitrogens with zero attached hydrogens (tertiary/aromatic N) is 1. The molecule has 0 aromatic carbocycles. The van der Waals surface area contributed by atoms with Gasteiger partial charge < -0.3 is 15.0 Å². The van der Waals surface area contributed by atoms with E-state index in [0.717, 1.165) is 19.4 Å². The van der Waals surface area contributed by atoms with E-state index in [0.29, 0.717) is 13.0 Å². The predicted molar refractivity (Wildman–Crippen MR) is 67.0 cm³/mol. The predicted octanol–water partition coefficient (Wildman–Crippen LogP) is 0.681. The molecular weight excluding hydrogens is 232 g/mol. The highest BCUT2D eigenvalue weighted by molar-refractivity contribution is 5.93. The number of carbonyl (C=O) groups excluding carboxylic acids is 2. The second-order valence-electron chi connectivity index (χ2n) is 5.82. The van der Waals surface area contributed by atoms with Gasteiger partial charge in [0.05, 0.1) is 6.10 Å². The third-order valence-corrected chi connectivity index (χ3v) is 3.68. The Kier molecular flexibility index (Phi) is 3.61. The molecule has 102 valence electrons. The number of hydrogen-bond donors (Lipinski definition) is 1. The number of ether oxygens (including phenoxy) is 1. The van der Waals surface area contributed by atoms with E-state index in [-0.39, 0.29) is 24.0 Å². The highest BCUT2D eigenvalue weighted by atomic mass is 16.5. The van der Waals surface area contributed by atoms with Crippen LogP contribution in [0.2, 0.25) is 0 Å². The first kappa shape index (κ1) is 13.3. The first-order chi connectivity index (χ1) is 8.40. The Labute approximate surface area is 108 Å². The highest BCUT2D eigenvalue weighted by Gasteiger charge is 2.40. The van der Waals surface area contributed by atoms with Crippen molar-refractivity contribution in [1.29, 1.82) is 0 Å². The average Bonchev–Trinajstić information content (AvgIpc) is 2.73. The number of rotatable bonds is 2. The third-order valence-electron chi connectivity index (χ3n) is 3.68. The summed E-state index contributed by atoms with van der Waals surface area (Å²) in [5.41, 5.74) is -0.819. The fraction of sp³-hybridized carbons (Fsp3) is 0.846. The lowest BCUT2D eigenvalue weighted by atomic mass is 10.0. The molecule has 0 bridgehead atoms. The SMILES string of the molecule is CC1CC(=O)NC(C)(C)C(=O)N1CC1CCCO1. The second-order valence-corrected chi connectivity index (χ2v) is 5.82. The van der Waals surface area contributed by atoms with E-state index in [1.165, 1.54) is 0 Å². The van der Waals surface area contributed by atoms with Crippen LogP contribution in [0.15, 0.2) is 0 Å². The van der Waals surface area contributed by atoms with Crippen LogP contribution in [-0.2, 0) is 14.3 Å². The minimum Gasteiger partial charge on any atom is -0.376 e. The molecule has 0 saturated carbocycles. The van der Waals surface area contributed by atoms with E-state index in [4.69, 9.17) is 4.74 Å². The van der Waals surface area contributed by atoms with Gasteiger partial charge in [-0.15, -0.1) is 0 Å². The molecule has 2 fully saturated rings. The van der Waals surface area contributed by atoms with Crippen LogP contribution in [0.25, 0.3) is 0 Å². The molecule has 2 saturated heterocycles.